The number of hydrogen-bond acceptors (Lipinski definition) is 8. The zero-order chi connectivity index (χ0) is 14.4. The Hall–Kier alpha value is -1.61. The molecule has 106 valence electrons. The van der Waals surface area contributed by atoms with Crippen LogP contribution >= 0.6 is 27.7 Å². The predicted octanol–water partition coefficient (Wildman–Crippen LogP) is 1.79. The summed E-state index contributed by atoms with van der Waals surface area (Å²) in [4.78, 5) is 16.9. The first-order valence-electron chi connectivity index (χ1n) is 5.58. The molecule has 0 fully saturated rings. The van der Waals surface area contributed by atoms with E-state index in [9.17, 15) is 0 Å². The first-order chi connectivity index (χ1) is 9.70. The Bertz CT molecular complexity index is 569. The standard InChI is InChI=1S/C11H12BrN5O2S/c1-20-7-4-14-11(15-5-7)19-3-2-18-10-8(12)9(13)16-6-17-10/h4-6H,2-3H2,1H3,(H2,13,16,17). The Balaban J connectivity index is 1.80. The topological polar surface area (TPSA) is 96.0 Å². The van der Waals surface area contributed by atoms with Gasteiger partial charge in [0.1, 0.15) is 29.8 Å². The predicted molar refractivity (Wildman–Crippen MR) is 78.9 cm³/mol. The van der Waals surface area contributed by atoms with Crippen LogP contribution in [0, 0.1) is 0 Å². The van der Waals surface area contributed by atoms with Crippen LogP contribution in [0.1, 0.15) is 0 Å². The molecule has 0 saturated carbocycles. The van der Waals surface area contributed by atoms with Crippen molar-refractivity contribution < 1.29 is 9.47 Å². The maximum Gasteiger partial charge on any atom is 0.316 e. The van der Waals surface area contributed by atoms with E-state index >= 15 is 0 Å². The molecule has 0 aromatic carbocycles. The van der Waals surface area contributed by atoms with Crippen LogP contribution in [0.15, 0.2) is 28.1 Å². The van der Waals surface area contributed by atoms with Crippen molar-refractivity contribution in [3.63, 3.8) is 0 Å². The molecule has 20 heavy (non-hydrogen) atoms. The summed E-state index contributed by atoms with van der Waals surface area (Å²) < 4.78 is 11.3. The lowest BCUT2D eigenvalue weighted by atomic mass is 10.6. The summed E-state index contributed by atoms with van der Waals surface area (Å²) in [6, 6.07) is 0.313. The Morgan fingerprint density at radius 2 is 1.85 bits per heavy atom. The van der Waals surface area contributed by atoms with E-state index in [1.54, 1.807) is 24.2 Å². The van der Waals surface area contributed by atoms with Gasteiger partial charge in [-0.1, -0.05) is 0 Å². The largest absolute Gasteiger partial charge is 0.473 e. The normalized spacial score (nSPS) is 10.3. The Labute approximate surface area is 128 Å². The average molecular weight is 358 g/mol. The van der Waals surface area contributed by atoms with Gasteiger partial charge in [0, 0.05) is 17.3 Å². The Morgan fingerprint density at radius 1 is 1.15 bits per heavy atom. The van der Waals surface area contributed by atoms with Gasteiger partial charge in [-0.3, -0.25) is 0 Å². The lowest BCUT2D eigenvalue weighted by Gasteiger charge is -2.08. The lowest BCUT2D eigenvalue weighted by molar-refractivity contribution is 0.200. The number of aromatic nitrogens is 4. The maximum absolute atomic E-state index is 5.61. The summed E-state index contributed by atoms with van der Waals surface area (Å²) in [5, 5.41) is 0. The molecule has 0 amide bonds. The van der Waals surface area contributed by atoms with E-state index in [1.165, 1.54) is 6.33 Å². The smallest absolute Gasteiger partial charge is 0.316 e. The number of rotatable bonds is 6. The number of ether oxygens (including phenoxy) is 2. The van der Waals surface area contributed by atoms with Crippen LogP contribution < -0.4 is 15.2 Å². The van der Waals surface area contributed by atoms with Crippen LogP contribution in [0.4, 0.5) is 5.82 Å². The van der Waals surface area contributed by atoms with E-state index in [0.717, 1.165) is 4.90 Å². The summed E-state index contributed by atoms with van der Waals surface area (Å²) in [5.41, 5.74) is 5.61. The molecule has 2 heterocycles. The lowest BCUT2D eigenvalue weighted by Crippen LogP contribution is -2.12. The van der Waals surface area contributed by atoms with Crippen molar-refractivity contribution in [3.8, 4) is 11.9 Å². The molecule has 0 aliphatic carbocycles. The zero-order valence-corrected chi connectivity index (χ0v) is 13.0. The fraction of sp³-hybridized carbons (Fsp3) is 0.273. The molecule has 0 unspecified atom stereocenters. The van der Waals surface area contributed by atoms with Crippen molar-refractivity contribution in [2.75, 3.05) is 25.2 Å². The van der Waals surface area contributed by atoms with Crippen molar-refractivity contribution in [1.29, 1.82) is 0 Å². The summed E-state index contributed by atoms with van der Waals surface area (Å²) in [7, 11) is 0. The summed E-state index contributed by atoms with van der Waals surface area (Å²) in [6.07, 6.45) is 6.70. The second-order valence-corrected chi connectivity index (χ2v) is 5.15. The molecular formula is C11H12BrN5O2S. The second kappa shape index (κ2) is 7.25. The molecule has 0 bridgehead atoms. The molecule has 2 rings (SSSR count). The summed E-state index contributed by atoms with van der Waals surface area (Å²) in [5.74, 6) is 0.701. The van der Waals surface area contributed by atoms with Gasteiger partial charge in [0.05, 0.1) is 0 Å². The summed E-state index contributed by atoms with van der Waals surface area (Å²) >= 11 is 4.82. The fourth-order valence-corrected chi connectivity index (χ4v) is 1.86. The molecule has 0 radical (unpaired) electrons. The molecule has 2 N–H and O–H groups in total. The second-order valence-electron chi connectivity index (χ2n) is 3.48. The van der Waals surface area contributed by atoms with Crippen LogP contribution in [-0.4, -0.2) is 39.4 Å². The van der Waals surface area contributed by atoms with Crippen LogP contribution in [0.25, 0.3) is 0 Å². The van der Waals surface area contributed by atoms with Crippen molar-refractivity contribution in [3.05, 3.63) is 23.2 Å². The van der Waals surface area contributed by atoms with Gasteiger partial charge in [-0.15, -0.1) is 11.8 Å². The molecule has 0 spiro atoms. The number of nitrogens with two attached hydrogens (primary N) is 1. The van der Waals surface area contributed by atoms with Crippen LogP contribution in [0.3, 0.4) is 0 Å². The van der Waals surface area contributed by atoms with Gasteiger partial charge in [0.15, 0.2) is 0 Å². The minimum absolute atomic E-state index is 0.294. The molecule has 2 aromatic rings. The van der Waals surface area contributed by atoms with Crippen molar-refractivity contribution in [2.45, 2.75) is 4.90 Å². The van der Waals surface area contributed by atoms with Gasteiger partial charge in [-0.2, -0.15) is 0 Å². The number of thioether (sulfide) groups is 1. The average Bonchev–Trinajstić information content (AvgIpc) is 2.48. The molecule has 2 aromatic heterocycles. The monoisotopic (exact) mass is 357 g/mol. The number of nitrogen functional groups attached to an aromatic ring is 1. The van der Waals surface area contributed by atoms with Gasteiger partial charge in [0.2, 0.25) is 5.88 Å². The highest BCUT2D eigenvalue weighted by atomic mass is 79.9. The Kier molecular flexibility index (Phi) is 5.36. The van der Waals surface area contributed by atoms with E-state index in [2.05, 4.69) is 35.9 Å². The van der Waals surface area contributed by atoms with Gasteiger partial charge in [0.25, 0.3) is 0 Å². The Morgan fingerprint density at radius 3 is 2.55 bits per heavy atom. The third-order valence-electron chi connectivity index (χ3n) is 2.18. The molecular weight excluding hydrogens is 346 g/mol. The minimum Gasteiger partial charge on any atom is -0.473 e. The molecule has 0 aliphatic rings. The van der Waals surface area contributed by atoms with Gasteiger partial charge in [-0.05, 0) is 22.2 Å². The molecule has 0 saturated heterocycles. The number of halogens is 1. The van der Waals surface area contributed by atoms with Crippen molar-refractivity contribution >= 4 is 33.5 Å². The fourth-order valence-electron chi connectivity index (χ4n) is 1.22. The van der Waals surface area contributed by atoms with Crippen molar-refractivity contribution in [1.82, 2.24) is 19.9 Å². The highest BCUT2D eigenvalue weighted by Gasteiger charge is 2.07. The van der Waals surface area contributed by atoms with Crippen LogP contribution in [0.2, 0.25) is 0 Å². The van der Waals surface area contributed by atoms with E-state index in [0.29, 0.717) is 35.4 Å². The first kappa shape index (κ1) is 14.8. The highest BCUT2D eigenvalue weighted by Crippen LogP contribution is 2.25. The van der Waals surface area contributed by atoms with Gasteiger partial charge in [-0.25, -0.2) is 19.9 Å². The van der Waals surface area contributed by atoms with E-state index in [-0.39, 0.29) is 0 Å². The van der Waals surface area contributed by atoms with Crippen LogP contribution in [-0.2, 0) is 0 Å². The number of nitrogens with zero attached hydrogens (tertiary/aromatic N) is 4. The van der Waals surface area contributed by atoms with Crippen LogP contribution in [0.5, 0.6) is 11.9 Å². The quantitative estimate of drug-likeness (QED) is 0.617. The minimum atomic E-state index is 0.294. The SMILES string of the molecule is CSc1cnc(OCCOc2ncnc(N)c2Br)nc1. The summed E-state index contributed by atoms with van der Waals surface area (Å²) in [6.45, 7) is 0.595. The van der Waals surface area contributed by atoms with Gasteiger partial charge < -0.3 is 15.2 Å². The first-order valence-corrected chi connectivity index (χ1v) is 7.60. The molecule has 9 heteroatoms. The number of hydrogen-bond donors (Lipinski definition) is 1. The third kappa shape index (κ3) is 3.94. The highest BCUT2D eigenvalue weighted by molar-refractivity contribution is 9.10. The molecule has 0 atom stereocenters. The molecule has 0 aliphatic heterocycles. The maximum atomic E-state index is 5.61. The van der Waals surface area contributed by atoms with Gasteiger partial charge >= 0.3 is 6.01 Å². The van der Waals surface area contributed by atoms with E-state index < -0.39 is 0 Å². The van der Waals surface area contributed by atoms with Crippen molar-refractivity contribution in [2.24, 2.45) is 0 Å². The van der Waals surface area contributed by atoms with E-state index in [1.807, 2.05) is 6.26 Å². The molecule has 7 nitrogen and oxygen atoms in total. The zero-order valence-electron chi connectivity index (χ0n) is 10.6. The third-order valence-corrected chi connectivity index (χ3v) is 3.61. The van der Waals surface area contributed by atoms with E-state index in [4.69, 9.17) is 15.2 Å². The number of anilines is 1.